The first-order valence-electron chi connectivity index (χ1n) is 11.6. The lowest BCUT2D eigenvalue weighted by Crippen LogP contribution is -2.29. The molecule has 1 aliphatic rings. The number of imide groups is 1. The lowest BCUT2D eigenvalue weighted by Gasteiger charge is -2.12. The Morgan fingerprint density at radius 1 is 1.03 bits per heavy atom. The molecule has 9 heteroatoms. The second kappa shape index (κ2) is 12.2. The zero-order valence-corrected chi connectivity index (χ0v) is 20.9. The van der Waals surface area contributed by atoms with E-state index >= 15 is 0 Å². The summed E-state index contributed by atoms with van der Waals surface area (Å²) < 4.78 is 24.0. The molecule has 1 heterocycles. The SMILES string of the molecule is COc1cc(/C=C2/SC(=O)N(CCCc3ccccc3)C2=O)ccc1OCC(=O)Nc1ccc(F)cc1. The van der Waals surface area contributed by atoms with Crippen LogP contribution in [0.4, 0.5) is 14.9 Å². The summed E-state index contributed by atoms with van der Waals surface area (Å²) in [4.78, 5) is 39.0. The molecule has 4 rings (SSSR count). The Kier molecular flexibility index (Phi) is 8.58. The summed E-state index contributed by atoms with van der Waals surface area (Å²) in [5, 5.41) is 2.33. The maximum atomic E-state index is 13.0. The van der Waals surface area contributed by atoms with Crippen molar-refractivity contribution in [3.63, 3.8) is 0 Å². The number of anilines is 1. The topological polar surface area (TPSA) is 84.9 Å². The van der Waals surface area contributed by atoms with E-state index in [-0.39, 0.29) is 17.8 Å². The predicted octanol–water partition coefficient (Wildman–Crippen LogP) is 5.52. The van der Waals surface area contributed by atoms with Gasteiger partial charge in [0.25, 0.3) is 17.1 Å². The number of thioether (sulfide) groups is 1. The highest BCUT2D eigenvalue weighted by atomic mass is 32.2. The van der Waals surface area contributed by atoms with Crippen LogP contribution >= 0.6 is 11.8 Å². The Morgan fingerprint density at radius 3 is 2.51 bits per heavy atom. The number of amides is 3. The van der Waals surface area contributed by atoms with Crippen molar-refractivity contribution in [3.8, 4) is 11.5 Å². The summed E-state index contributed by atoms with van der Waals surface area (Å²) in [5.41, 5.74) is 2.26. The number of carbonyl (C=O) groups excluding carboxylic acids is 3. The van der Waals surface area contributed by atoms with Crippen LogP contribution in [0.3, 0.4) is 0 Å². The highest BCUT2D eigenvalue weighted by molar-refractivity contribution is 8.18. The first kappa shape index (κ1) is 26.0. The third-order valence-electron chi connectivity index (χ3n) is 5.54. The fraction of sp³-hybridized carbons (Fsp3) is 0.179. The van der Waals surface area contributed by atoms with Crippen molar-refractivity contribution in [2.24, 2.45) is 0 Å². The van der Waals surface area contributed by atoms with Crippen molar-refractivity contribution in [1.29, 1.82) is 0 Å². The maximum absolute atomic E-state index is 13.0. The van der Waals surface area contributed by atoms with E-state index in [1.165, 1.54) is 36.3 Å². The predicted molar refractivity (Wildman–Crippen MR) is 141 cm³/mol. The van der Waals surface area contributed by atoms with Gasteiger partial charge in [0.05, 0.1) is 12.0 Å². The minimum atomic E-state index is -0.418. The summed E-state index contributed by atoms with van der Waals surface area (Å²) >= 11 is 0.907. The largest absolute Gasteiger partial charge is 0.493 e. The van der Waals surface area contributed by atoms with Crippen LogP contribution in [0.1, 0.15) is 17.5 Å². The molecule has 0 aromatic heterocycles. The van der Waals surface area contributed by atoms with Crippen molar-refractivity contribution in [2.75, 3.05) is 25.6 Å². The number of methoxy groups -OCH3 is 1. The zero-order chi connectivity index (χ0) is 26.2. The van der Waals surface area contributed by atoms with E-state index in [0.29, 0.717) is 40.6 Å². The summed E-state index contributed by atoms with van der Waals surface area (Å²) in [6, 6.07) is 20.3. The number of benzene rings is 3. The molecule has 1 aliphatic heterocycles. The van der Waals surface area contributed by atoms with Gasteiger partial charge in [0.2, 0.25) is 0 Å². The fourth-order valence-corrected chi connectivity index (χ4v) is 4.56. The molecular formula is C28H25FN2O5S. The molecule has 1 saturated heterocycles. The number of aryl methyl sites for hydroxylation is 1. The first-order valence-corrected chi connectivity index (χ1v) is 12.4. The average molecular weight is 521 g/mol. The number of nitrogens with one attached hydrogen (secondary N) is 1. The second-order valence-electron chi connectivity index (χ2n) is 8.18. The smallest absolute Gasteiger partial charge is 0.293 e. The van der Waals surface area contributed by atoms with Gasteiger partial charge in [-0.25, -0.2) is 4.39 Å². The molecule has 37 heavy (non-hydrogen) atoms. The molecule has 3 amide bonds. The van der Waals surface area contributed by atoms with Gasteiger partial charge in [0, 0.05) is 12.2 Å². The monoisotopic (exact) mass is 520 g/mol. The molecule has 0 atom stereocenters. The highest BCUT2D eigenvalue weighted by Gasteiger charge is 2.34. The third kappa shape index (κ3) is 6.98. The van der Waals surface area contributed by atoms with E-state index in [2.05, 4.69) is 5.32 Å². The number of hydrogen-bond acceptors (Lipinski definition) is 6. The van der Waals surface area contributed by atoms with Crippen LogP contribution < -0.4 is 14.8 Å². The lowest BCUT2D eigenvalue weighted by molar-refractivity contribution is -0.122. The Morgan fingerprint density at radius 2 is 1.78 bits per heavy atom. The van der Waals surface area contributed by atoms with Crippen molar-refractivity contribution < 1.29 is 28.2 Å². The molecule has 1 fully saturated rings. The molecular weight excluding hydrogens is 495 g/mol. The first-order chi connectivity index (χ1) is 17.9. The van der Waals surface area contributed by atoms with Gasteiger partial charge in [-0.1, -0.05) is 36.4 Å². The molecule has 0 unspecified atom stereocenters. The molecule has 0 spiro atoms. The Hall–Kier alpha value is -4.11. The van der Waals surface area contributed by atoms with Crippen LogP contribution in [-0.4, -0.2) is 42.2 Å². The van der Waals surface area contributed by atoms with Gasteiger partial charge in [0.15, 0.2) is 18.1 Å². The highest BCUT2D eigenvalue weighted by Crippen LogP contribution is 2.34. The van der Waals surface area contributed by atoms with Crippen LogP contribution in [0.25, 0.3) is 6.08 Å². The number of nitrogens with zero attached hydrogens (tertiary/aromatic N) is 1. The minimum absolute atomic E-state index is 0.283. The molecule has 0 bridgehead atoms. The van der Waals surface area contributed by atoms with Crippen LogP contribution in [0.15, 0.2) is 77.7 Å². The molecule has 1 N–H and O–H groups in total. The van der Waals surface area contributed by atoms with Gasteiger partial charge >= 0.3 is 0 Å². The number of rotatable bonds is 10. The summed E-state index contributed by atoms with van der Waals surface area (Å²) in [7, 11) is 1.46. The van der Waals surface area contributed by atoms with Crippen LogP contribution in [-0.2, 0) is 16.0 Å². The van der Waals surface area contributed by atoms with Gasteiger partial charge in [-0.15, -0.1) is 0 Å². The van der Waals surface area contributed by atoms with Gasteiger partial charge in [-0.3, -0.25) is 19.3 Å². The molecule has 0 aliphatic carbocycles. The number of halogens is 1. The van der Waals surface area contributed by atoms with Crippen LogP contribution in [0, 0.1) is 5.82 Å². The Labute approximate surface area is 218 Å². The van der Waals surface area contributed by atoms with E-state index in [9.17, 15) is 18.8 Å². The second-order valence-corrected chi connectivity index (χ2v) is 9.17. The Bertz CT molecular complexity index is 1310. The molecule has 3 aromatic rings. The number of ether oxygens (including phenoxy) is 2. The average Bonchev–Trinajstić information content (AvgIpc) is 3.17. The minimum Gasteiger partial charge on any atom is -0.493 e. The molecule has 0 saturated carbocycles. The van der Waals surface area contributed by atoms with Crippen molar-refractivity contribution in [3.05, 3.63) is 94.6 Å². The van der Waals surface area contributed by atoms with E-state index in [1.54, 1.807) is 24.3 Å². The molecule has 3 aromatic carbocycles. The van der Waals surface area contributed by atoms with Gasteiger partial charge < -0.3 is 14.8 Å². The van der Waals surface area contributed by atoms with Gasteiger partial charge in [0.1, 0.15) is 5.82 Å². The van der Waals surface area contributed by atoms with Gasteiger partial charge in [-0.2, -0.15) is 0 Å². The van der Waals surface area contributed by atoms with E-state index in [0.717, 1.165) is 23.7 Å². The normalized spacial score (nSPS) is 14.2. The molecule has 7 nitrogen and oxygen atoms in total. The molecule has 0 radical (unpaired) electrons. The number of carbonyl (C=O) groups is 3. The quantitative estimate of drug-likeness (QED) is 0.354. The fourth-order valence-electron chi connectivity index (χ4n) is 3.70. The van der Waals surface area contributed by atoms with Crippen LogP contribution in [0.5, 0.6) is 11.5 Å². The Balaban J connectivity index is 1.35. The lowest BCUT2D eigenvalue weighted by atomic mass is 10.1. The zero-order valence-electron chi connectivity index (χ0n) is 20.1. The van der Waals surface area contributed by atoms with Crippen molar-refractivity contribution in [1.82, 2.24) is 4.90 Å². The summed E-state index contributed by atoms with van der Waals surface area (Å²) in [6.07, 6.45) is 3.10. The maximum Gasteiger partial charge on any atom is 0.293 e. The van der Waals surface area contributed by atoms with Crippen LogP contribution in [0.2, 0.25) is 0 Å². The number of hydrogen-bond donors (Lipinski definition) is 1. The third-order valence-corrected chi connectivity index (χ3v) is 6.44. The summed E-state index contributed by atoms with van der Waals surface area (Å²) in [6.45, 7) is 0.0714. The summed E-state index contributed by atoms with van der Waals surface area (Å²) in [5.74, 6) is -0.432. The van der Waals surface area contributed by atoms with Gasteiger partial charge in [-0.05, 0) is 78.2 Å². The van der Waals surface area contributed by atoms with E-state index < -0.39 is 11.7 Å². The van der Waals surface area contributed by atoms with E-state index in [1.807, 2.05) is 30.3 Å². The standard InChI is InChI=1S/C28H25FN2O5S/c1-35-24-16-20(9-14-23(24)36-18-26(32)30-22-12-10-21(29)11-13-22)17-25-27(33)31(28(34)37-25)15-5-8-19-6-3-2-4-7-19/h2-4,6-7,9-14,16-17H,5,8,15,18H2,1H3,(H,30,32)/b25-17+. The van der Waals surface area contributed by atoms with Crippen molar-refractivity contribution in [2.45, 2.75) is 12.8 Å². The molecule has 190 valence electrons. The van der Waals surface area contributed by atoms with E-state index in [4.69, 9.17) is 9.47 Å². The van der Waals surface area contributed by atoms with Crippen molar-refractivity contribution >= 4 is 40.6 Å².